The summed E-state index contributed by atoms with van der Waals surface area (Å²) in [7, 11) is 0. The molecule has 0 spiro atoms. The molecule has 0 aliphatic rings. The van der Waals surface area contributed by atoms with Crippen LogP contribution in [0, 0.1) is 0 Å². The summed E-state index contributed by atoms with van der Waals surface area (Å²) in [4.78, 5) is 15.1. The molecule has 0 fully saturated rings. The lowest BCUT2D eigenvalue weighted by Gasteiger charge is -2.11. The SMILES string of the molecule is c1ccc(-c2nc(-c3ccc4c(-c5ccc6c(c5)oc5c7ccccc7ccc65)cccc4c3)nc(-c3ccc4c(c3)sc3ccccc34)n2)cc1. The third kappa shape index (κ3) is 4.64. The first-order valence-electron chi connectivity index (χ1n) is 17.3. The molecule has 0 radical (unpaired) electrons. The zero-order chi connectivity index (χ0) is 34.2. The van der Waals surface area contributed by atoms with Crippen LogP contribution in [0.1, 0.15) is 0 Å². The Morgan fingerprint density at radius 3 is 1.87 bits per heavy atom. The second-order valence-corrected chi connectivity index (χ2v) is 14.3. The normalized spacial score (nSPS) is 11.8. The molecule has 242 valence electrons. The highest BCUT2D eigenvalue weighted by Crippen LogP contribution is 2.39. The van der Waals surface area contributed by atoms with Crippen LogP contribution in [0.3, 0.4) is 0 Å². The standard InChI is InChI=1S/C47H27N3OS/c1-2-10-29(11-3-1)45-48-46(50-47(49-45)33-20-23-39-38-14-6-7-16-42(38)52-43(39)27-33)32-19-21-35-30(25-32)12-8-15-34(35)31-18-22-37-40-24-17-28-9-4-5-13-36(28)44(40)51-41(37)26-31/h1-27H. The van der Waals surface area contributed by atoms with Gasteiger partial charge in [-0.2, -0.15) is 0 Å². The Labute approximate surface area is 302 Å². The van der Waals surface area contributed by atoms with Crippen molar-refractivity contribution in [2.24, 2.45) is 0 Å². The summed E-state index contributed by atoms with van der Waals surface area (Å²) in [5.74, 6) is 1.95. The van der Waals surface area contributed by atoms with E-state index in [9.17, 15) is 0 Å². The quantitative estimate of drug-likeness (QED) is 0.185. The highest BCUT2D eigenvalue weighted by molar-refractivity contribution is 7.25. The maximum atomic E-state index is 6.53. The highest BCUT2D eigenvalue weighted by Gasteiger charge is 2.16. The smallest absolute Gasteiger partial charge is 0.164 e. The predicted octanol–water partition coefficient (Wildman–Crippen LogP) is 13.1. The van der Waals surface area contributed by atoms with Gasteiger partial charge in [0.05, 0.1) is 0 Å². The van der Waals surface area contributed by atoms with Crippen LogP contribution >= 0.6 is 11.3 Å². The Bertz CT molecular complexity index is 3200. The van der Waals surface area contributed by atoms with E-state index < -0.39 is 0 Å². The van der Waals surface area contributed by atoms with Crippen LogP contribution in [-0.4, -0.2) is 15.0 Å². The molecular weight excluding hydrogens is 655 g/mol. The molecule has 5 heteroatoms. The van der Waals surface area contributed by atoms with Gasteiger partial charge in [0.25, 0.3) is 0 Å². The van der Waals surface area contributed by atoms with Crippen molar-refractivity contribution in [3.8, 4) is 45.3 Å². The molecule has 52 heavy (non-hydrogen) atoms. The summed E-state index contributed by atoms with van der Waals surface area (Å²) in [5.41, 5.74) is 6.94. The summed E-state index contributed by atoms with van der Waals surface area (Å²) < 4.78 is 9.02. The Morgan fingerprint density at radius 1 is 0.365 bits per heavy atom. The Morgan fingerprint density at radius 2 is 1.00 bits per heavy atom. The third-order valence-corrected chi connectivity index (χ3v) is 11.3. The molecule has 11 aromatic rings. The molecule has 3 heterocycles. The minimum Gasteiger partial charge on any atom is -0.455 e. The lowest BCUT2D eigenvalue weighted by molar-refractivity contribution is 0.673. The van der Waals surface area contributed by atoms with E-state index in [-0.39, 0.29) is 0 Å². The van der Waals surface area contributed by atoms with E-state index >= 15 is 0 Å². The Balaban J connectivity index is 1.03. The fraction of sp³-hybridized carbons (Fsp3) is 0. The van der Waals surface area contributed by atoms with Crippen LogP contribution in [0.5, 0.6) is 0 Å². The van der Waals surface area contributed by atoms with Crippen LogP contribution in [0.25, 0.3) is 109 Å². The lowest BCUT2D eigenvalue weighted by atomic mass is 9.96. The first-order chi connectivity index (χ1) is 25.7. The number of hydrogen-bond donors (Lipinski definition) is 0. The fourth-order valence-corrected chi connectivity index (χ4v) is 8.71. The van der Waals surface area contributed by atoms with Crippen molar-refractivity contribution in [3.63, 3.8) is 0 Å². The van der Waals surface area contributed by atoms with Crippen molar-refractivity contribution in [1.29, 1.82) is 0 Å². The maximum absolute atomic E-state index is 6.53. The van der Waals surface area contributed by atoms with Gasteiger partial charge in [0.1, 0.15) is 11.2 Å². The second-order valence-electron chi connectivity index (χ2n) is 13.2. The van der Waals surface area contributed by atoms with E-state index in [0.717, 1.165) is 65.9 Å². The maximum Gasteiger partial charge on any atom is 0.164 e. The Kier molecular flexibility index (Phi) is 6.39. The van der Waals surface area contributed by atoms with Crippen LogP contribution in [0.4, 0.5) is 0 Å². The third-order valence-electron chi connectivity index (χ3n) is 10.1. The first kappa shape index (κ1) is 29.1. The average molecular weight is 682 g/mol. The number of thiophene rings is 1. The topological polar surface area (TPSA) is 51.8 Å². The minimum absolute atomic E-state index is 0.642. The van der Waals surface area contributed by atoms with Crippen molar-refractivity contribution >= 4 is 75.0 Å². The van der Waals surface area contributed by atoms with Gasteiger partial charge in [-0.05, 0) is 63.7 Å². The zero-order valence-corrected chi connectivity index (χ0v) is 28.6. The number of fused-ring (bicyclic) bond motifs is 9. The molecule has 0 aliphatic heterocycles. The van der Waals surface area contributed by atoms with E-state index in [1.807, 2.05) is 30.3 Å². The van der Waals surface area contributed by atoms with Crippen molar-refractivity contribution in [1.82, 2.24) is 15.0 Å². The van der Waals surface area contributed by atoms with Gasteiger partial charge in [0.2, 0.25) is 0 Å². The van der Waals surface area contributed by atoms with E-state index in [1.165, 1.54) is 25.6 Å². The van der Waals surface area contributed by atoms with Gasteiger partial charge < -0.3 is 4.42 Å². The molecule has 11 rings (SSSR count). The van der Waals surface area contributed by atoms with E-state index in [4.69, 9.17) is 19.4 Å². The number of aromatic nitrogens is 3. The second kappa shape index (κ2) is 11.4. The minimum atomic E-state index is 0.642. The van der Waals surface area contributed by atoms with Gasteiger partial charge in [-0.1, -0.05) is 127 Å². The van der Waals surface area contributed by atoms with Crippen molar-refractivity contribution in [3.05, 3.63) is 164 Å². The molecule has 0 saturated carbocycles. The molecule has 0 saturated heterocycles. The molecule has 0 N–H and O–H groups in total. The van der Waals surface area contributed by atoms with Gasteiger partial charge in [0.15, 0.2) is 17.5 Å². The number of benzene rings is 8. The summed E-state index contributed by atoms with van der Waals surface area (Å²) in [5, 5.41) is 9.36. The van der Waals surface area contributed by atoms with Crippen LogP contribution in [0.2, 0.25) is 0 Å². The van der Waals surface area contributed by atoms with Crippen LogP contribution in [0.15, 0.2) is 168 Å². The van der Waals surface area contributed by atoms with E-state index in [0.29, 0.717) is 17.5 Å². The molecule has 3 aromatic heterocycles. The van der Waals surface area contributed by atoms with Crippen LogP contribution < -0.4 is 0 Å². The first-order valence-corrected chi connectivity index (χ1v) is 18.2. The number of nitrogens with zero attached hydrogens (tertiary/aromatic N) is 3. The van der Waals surface area contributed by atoms with Gasteiger partial charge in [-0.15, -0.1) is 11.3 Å². The van der Waals surface area contributed by atoms with E-state index in [1.54, 1.807) is 11.3 Å². The zero-order valence-electron chi connectivity index (χ0n) is 27.7. The van der Waals surface area contributed by atoms with Crippen LogP contribution in [-0.2, 0) is 0 Å². The fourth-order valence-electron chi connectivity index (χ4n) is 7.56. The van der Waals surface area contributed by atoms with Gasteiger partial charge in [-0.25, -0.2) is 15.0 Å². The van der Waals surface area contributed by atoms with Crippen molar-refractivity contribution in [2.75, 3.05) is 0 Å². The molecule has 0 bridgehead atoms. The van der Waals surface area contributed by atoms with E-state index in [2.05, 4.69) is 133 Å². The predicted molar refractivity (Wildman–Crippen MR) is 217 cm³/mol. The van der Waals surface area contributed by atoms with Gasteiger partial charge >= 0.3 is 0 Å². The molecular formula is C47H27N3OS. The monoisotopic (exact) mass is 681 g/mol. The molecule has 0 unspecified atom stereocenters. The number of hydrogen-bond acceptors (Lipinski definition) is 5. The van der Waals surface area contributed by atoms with Crippen molar-refractivity contribution < 1.29 is 4.42 Å². The molecule has 0 aliphatic carbocycles. The number of furan rings is 1. The molecule has 0 atom stereocenters. The summed E-state index contributed by atoms with van der Waals surface area (Å²) in [6.45, 7) is 0. The summed E-state index contributed by atoms with van der Waals surface area (Å²) in [6.07, 6.45) is 0. The summed E-state index contributed by atoms with van der Waals surface area (Å²) in [6, 6.07) is 57.5. The van der Waals surface area contributed by atoms with Crippen molar-refractivity contribution in [2.45, 2.75) is 0 Å². The lowest BCUT2D eigenvalue weighted by Crippen LogP contribution is -2.00. The average Bonchev–Trinajstić information content (AvgIpc) is 3.78. The van der Waals surface area contributed by atoms with Gasteiger partial charge in [0, 0.05) is 53.0 Å². The number of rotatable bonds is 4. The largest absolute Gasteiger partial charge is 0.455 e. The molecule has 4 nitrogen and oxygen atoms in total. The Hall–Kier alpha value is -6.69. The molecule has 8 aromatic carbocycles. The van der Waals surface area contributed by atoms with Gasteiger partial charge in [-0.3, -0.25) is 0 Å². The highest BCUT2D eigenvalue weighted by atomic mass is 32.1. The summed E-state index contributed by atoms with van der Waals surface area (Å²) >= 11 is 1.80. The molecule has 0 amide bonds.